The zero-order valence-electron chi connectivity index (χ0n) is 11.6. The Morgan fingerprint density at radius 3 is 2.53 bits per heavy atom. The molecule has 3 N–H and O–H groups in total. The van der Waals surface area contributed by atoms with Crippen molar-refractivity contribution in [3.63, 3.8) is 0 Å². The molecule has 0 radical (unpaired) electrons. The van der Waals surface area contributed by atoms with Crippen molar-refractivity contribution in [3.8, 4) is 11.5 Å². The molecule has 106 valence electrons. The van der Waals surface area contributed by atoms with E-state index in [-0.39, 0.29) is 17.5 Å². The molecule has 1 fully saturated rings. The van der Waals surface area contributed by atoms with Crippen LogP contribution in [-0.2, 0) is 0 Å². The lowest BCUT2D eigenvalue weighted by molar-refractivity contribution is 0.346. The maximum absolute atomic E-state index is 9.86. The quantitative estimate of drug-likeness (QED) is 0.740. The molecule has 0 bridgehead atoms. The molecule has 1 aliphatic carbocycles. The third kappa shape index (κ3) is 3.80. The highest BCUT2D eigenvalue weighted by atomic mass is 32.2. The minimum atomic E-state index is 0.0583. The average Bonchev–Trinajstić information content (AvgIpc) is 2.42. The molecule has 19 heavy (non-hydrogen) atoms. The Morgan fingerprint density at radius 1 is 1.21 bits per heavy atom. The summed E-state index contributed by atoms with van der Waals surface area (Å²) in [7, 11) is 0. The summed E-state index contributed by atoms with van der Waals surface area (Å²) in [5.41, 5.74) is 0.770. The monoisotopic (exact) mass is 281 g/mol. The molecule has 0 spiro atoms. The Bertz CT molecular complexity index is 417. The molecule has 0 saturated heterocycles. The third-order valence-corrected chi connectivity index (χ3v) is 5.11. The second kappa shape index (κ2) is 6.53. The molecule has 2 rings (SSSR count). The van der Waals surface area contributed by atoms with Gasteiger partial charge in [0.15, 0.2) is 0 Å². The highest BCUT2D eigenvalue weighted by Gasteiger charge is 2.22. The lowest BCUT2D eigenvalue weighted by Gasteiger charge is -2.30. The lowest BCUT2D eigenvalue weighted by atomic mass is 9.93. The molecule has 0 heterocycles. The Labute approximate surface area is 119 Å². The van der Waals surface area contributed by atoms with Gasteiger partial charge in [0.2, 0.25) is 0 Å². The van der Waals surface area contributed by atoms with Crippen LogP contribution < -0.4 is 5.32 Å². The molecule has 1 aromatic carbocycles. The summed E-state index contributed by atoms with van der Waals surface area (Å²) in [5, 5.41) is 23.8. The summed E-state index contributed by atoms with van der Waals surface area (Å²) in [5.74, 6) is 0.447. The van der Waals surface area contributed by atoms with Crippen LogP contribution in [0.15, 0.2) is 18.2 Å². The summed E-state index contributed by atoms with van der Waals surface area (Å²) in [6.45, 7) is 2.04. The molecule has 0 amide bonds. The third-order valence-electron chi connectivity index (χ3n) is 3.97. The van der Waals surface area contributed by atoms with Crippen molar-refractivity contribution >= 4 is 11.8 Å². The van der Waals surface area contributed by atoms with Crippen LogP contribution in [0.4, 0.5) is 0 Å². The predicted octanol–water partition coefficient (Wildman–Crippen LogP) is 3.42. The van der Waals surface area contributed by atoms with Gasteiger partial charge in [0.1, 0.15) is 11.5 Å². The van der Waals surface area contributed by atoms with Crippen molar-refractivity contribution in [2.24, 2.45) is 0 Å². The van der Waals surface area contributed by atoms with Gasteiger partial charge < -0.3 is 15.5 Å². The number of phenolic OH excluding ortho intramolecular Hbond substituents is 2. The summed E-state index contributed by atoms with van der Waals surface area (Å²) in [6.07, 6.45) is 7.09. The van der Waals surface area contributed by atoms with Crippen LogP contribution >= 0.6 is 11.8 Å². The van der Waals surface area contributed by atoms with Gasteiger partial charge in [-0.2, -0.15) is 11.8 Å². The molecule has 1 unspecified atom stereocenters. The molecular formula is C15H23NO2S. The van der Waals surface area contributed by atoms with Crippen molar-refractivity contribution in [1.82, 2.24) is 5.32 Å². The fourth-order valence-electron chi connectivity index (χ4n) is 2.80. The average molecular weight is 281 g/mol. The van der Waals surface area contributed by atoms with Gasteiger partial charge in [0.25, 0.3) is 0 Å². The number of hydrogen-bond acceptors (Lipinski definition) is 4. The first-order valence-electron chi connectivity index (χ1n) is 6.91. The number of hydrogen-bond donors (Lipinski definition) is 3. The van der Waals surface area contributed by atoms with Crippen molar-refractivity contribution in [2.45, 2.75) is 49.9 Å². The second-order valence-electron chi connectivity index (χ2n) is 5.34. The van der Waals surface area contributed by atoms with E-state index in [1.807, 2.05) is 18.7 Å². The van der Waals surface area contributed by atoms with Crippen LogP contribution in [0.1, 0.15) is 44.2 Å². The van der Waals surface area contributed by atoms with E-state index in [0.717, 1.165) is 10.8 Å². The van der Waals surface area contributed by atoms with E-state index >= 15 is 0 Å². The van der Waals surface area contributed by atoms with Gasteiger partial charge in [-0.15, -0.1) is 0 Å². The van der Waals surface area contributed by atoms with Crippen LogP contribution in [0.5, 0.6) is 11.5 Å². The van der Waals surface area contributed by atoms with E-state index in [2.05, 4.69) is 11.6 Å². The van der Waals surface area contributed by atoms with Gasteiger partial charge in [0, 0.05) is 22.9 Å². The number of nitrogens with one attached hydrogen (secondary N) is 1. The minimum Gasteiger partial charge on any atom is -0.508 e. The molecule has 0 aromatic heterocycles. The number of aromatic hydroxyl groups is 2. The Balaban J connectivity index is 1.94. The zero-order chi connectivity index (χ0) is 13.8. The summed E-state index contributed by atoms with van der Waals surface area (Å²) >= 11 is 1.97. The number of rotatable bonds is 4. The van der Waals surface area contributed by atoms with Gasteiger partial charge >= 0.3 is 0 Å². The van der Waals surface area contributed by atoms with Crippen LogP contribution in [0.3, 0.4) is 0 Å². The van der Waals surface area contributed by atoms with Gasteiger partial charge in [-0.05, 0) is 57.1 Å². The van der Waals surface area contributed by atoms with Gasteiger partial charge in [-0.25, -0.2) is 0 Å². The highest BCUT2D eigenvalue weighted by Crippen LogP contribution is 2.31. The fourth-order valence-corrected chi connectivity index (χ4v) is 3.54. The van der Waals surface area contributed by atoms with Crippen LogP contribution in [0, 0.1) is 0 Å². The van der Waals surface area contributed by atoms with Gasteiger partial charge in [0.05, 0.1) is 0 Å². The van der Waals surface area contributed by atoms with Crippen LogP contribution in [0.25, 0.3) is 0 Å². The van der Waals surface area contributed by atoms with Gasteiger partial charge in [-0.3, -0.25) is 0 Å². The highest BCUT2D eigenvalue weighted by molar-refractivity contribution is 7.99. The summed E-state index contributed by atoms with van der Waals surface area (Å²) < 4.78 is 0. The standard InChI is InChI=1S/C15H23NO2S/c1-10(14-9-12(17)5-8-15(14)18)16-11-3-6-13(19-2)7-4-11/h5,8-11,13,16-18H,3-4,6-7H2,1-2H3. The minimum absolute atomic E-state index is 0.0583. The smallest absolute Gasteiger partial charge is 0.120 e. The second-order valence-corrected chi connectivity index (χ2v) is 6.48. The first-order chi connectivity index (χ1) is 9.10. The van der Waals surface area contributed by atoms with E-state index in [9.17, 15) is 10.2 Å². The van der Waals surface area contributed by atoms with Crippen molar-refractivity contribution in [2.75, 3.05) is 6.26 Å². The molecule has 1 atom stereocenters. The van der Waals surface area contributed by atoms with E-state index < -0.39 is 0 Å². The lowest BCUT2D eigenvalue weighted by Crippen LogP contribution is -2.35. The first kappa shape index (κ1) is 14.5. The number of thioether (sulfide) groups is 1. The molecule has 1 aliphatic rings. The van der Waals surface area contributed by atoms with Crippen molar-refractivity contribution in [3.05, 3.63) is 23.8 Å². The fraction of sp³-hybridized carbons (Fsp3) is 0.600. The van der Waals surface area contributed by atoms with E-state index in [0.29, 0.717) is 6.04 Å². The zero-order valence-corrected chi connectivity index (χ0v) is 12.4. The Hall–Kier alpha value is -0.870. The predicted molar refractivity (Wildman–Crippen MR) is 80.9 cm³/mol. The Morgan fingerprint density at radius 2 is 1.89 bits per heavy atom. The van der Waals surface area contributed by atoms with Crippen molar-refractivity contribution < 1.29 is 10.2 Å². The molecule has 1 aromatic rings. The van der Waals surface area contributed by atoms with Crippen molar-refractivity contribution in [1.29, 1.82) is 0 Å². The molecule has 1 saturated carbocycles. The number of benzene rings is 1. The number of phenols is 2. The molecule has 3 nitrogen and oxygen atoms in total. The largest absolute Gasteiger partial charge is 0.508 e. The molecule has 0 aliphatic heterocycles. The van der Waals surface area contributed by atoms with E-state index in [1.165, 1.54) is 31.7 Å². The topological polar surface area (TPSA) is 52.5 Å². The summed E-state index contributed by atoms with van der Waals surface area (Å²) in [6, 6.07) is 5.27. The van der Waals surface area contributed by atoms with Crippen LogP contribution in [0.2, 0.25) is 0 Å². The summed E-state index contributed by atoms with van der Waals surface area (Å²) in [4.78, 5) is 0. The van der Waals surface area contributed by atoms with Gasteiger partial charge in [-0.1, -0.05) is 0 Å². The maximum Gasteiger partial charge on any atom is 0.120 e. The molecular weight excluding hydrogens is 258 g/mol. The van der Waals surface area contributed by atoms with E-state index in [1.54, 1.807) is 12.1 Å². The SMILES string of the molecule is CSC1CCC(NC(C)c2cc(O)ccc2O)CC1. The normalized spacial score (nSPS) is 25.2. The first-order valence-corrected chi connectivity index (χ1v) is 8.19. The maximum atomic E-state index is 9.86. The van der Waals surface area contributed by atoms with Crippen LogP contribution in [-0.4, -0.2) is 27.8 Å². The molecule has 4 heteroatoms. The Kier molecular flexibility index (Phi) is 4.99. The van der Waals surface area contributed by atoms with E-state index in [4.69, 9.17) is 0 Å².